The van der Waals surface area contributed by atoms with Gasteiger partial charge in [-0.05, 0) is 37.1 Å². The lowest BCUT2D eigenvalue weighted by Gasteiger charge is -2.33. The van der Waals surface area contributed by atoms with Gasteiger partial charge in [-0.2, -0.15) is 0 Å². The van der Waals surface area contributed by atoms with Crippen LogP contribution >= 0.6 is 0 Å². The van der Waals surface area contributed by atoms with Crippen molar-refractivity contribution in [2.24, 2.45) is 0 Å². The molecule has 0 aromatic heterocycles. The minimum atomic E-state index is -0.0337. The number of carbonyl (C=O) groups excluding carboxylic acids is 1. The number of phenolic OH excluding ortho intramolecular Hbond substituents is 1. The number of urea groups is 1. The summed E-state index contributed by atoms with van der Waals surface area (Å²) in [6.45, 7) is 0.743. The summed E-state index contributed by atoms with van der Waals surface area (Å²) in [5, 5.41) is 12.2. The van der Waals surface area contributed by atoms with E-state index in [0.29, 0.717) is 0 Å². The molecular weight excluding hydrogens is 216 g/mol. The number of hydrogen-bond donors (Lipinski definition) is 2. The molecule has 2 amide bonds. The van der Waals surface area contributed by atoms with Crippen LogP contribution in [0.4, 0.5) is 10.5 Å². The molecule has 3 rings (SSSR count). The van der Waals surface area contributed by atoms with Gasteiger partial charge in [0, 0.05) is 12.2 Å². The second-order valence-electron chi connectivity index (χ2n) is 4.94. The minimum absolute atomic E-state index is 0.0161. The fraction of sp³-hybridized carbons (Fsp3) is 0.462. The van der Waals surface area contributed by atoms with Crippen molar-refractivity contribution in [1.82, 2.24) is 5.32 Å². The van der Waals surface area contributed by atoms with Gasteiger partial charge in [-0.25, -0.2) is 4.79 Å². The predicted octanol–water partition coefficient (Wildman–Crippen LogP) is 2.23. The Hall–Kier alpha value is -1.71. The number of anilines is 1. The van der Waals surface area contributed by atoms with Gasteiger partial charge >= 0.3 is 6.03 Å². The van der Waals surface area contributed by atoms with E-state index < -0.39 is 0 Å². The standard InChI is InChI=1S/C13H16N2O2/c16-11-5-3-10(4-6-11)15-12(17)14-9-13(15)7-1-2-8-13/h3-6,16H,1-2,7-9H2,(H,14,17). The van der Waals surface area contributed by atoms with Gasteiger partial charge in [-0.1, -0.05) is 12.8 Å². The number of aromatic hydroxyl groups is 1. The number of benzene rings is 1. The molecule has 2 fully saturated rings. The molecule has 1 aliphatic carbocycles. The third-order valence-electron chi connectivity index (χ3n) is 3.89. The van der Waals surface area contributed by atoms with Crippen LogP contribution in [0, 0.1) is 0 Å². The first-order valence-electron chi connectivity index (χ1n) is 6.08. The predicted molar refractivity (Wildman–Crippen MR) is 65.2 cm³/mol. The summed E-state index contributed by atoms with van der Waals surface area (Å²) in [7, 11) is 0. The molecule has 1 heterocycles. The van der Waals surface area contributed by atoms with Gasteiger partial charge in [0.2, 0.25) is 0 Å². The second-order valence-corrected chi connectivity index (χ2v) is 4.94. The number of nitrogens with zero attached hydrogens (tertiary/aromatic N) is 1. The highest BCUT2D eigenvalue weighted by molar-refractivity contribution is 5.96. The molecule has 0 bridgehead atoms. The average Bonchev–Trinajstić information content (AvgIpc) is 2.91. The molecule has 0 unspecified atom stereocenters. The summed E-state index contributed by atoms with van der Waals surface area (Å²) >= 11 is 0. The third kappa shape index (κ3) is 1.55. The lowest BCUT2D eigenvalue weighted by atomic mass is 9.96. The Morgan fingerprint density at radius 1 is 1.18 bits per heavy atom. The van der Waals surface area contributed by atoms with Crippen molar-refractivity contribution in [3.05, 3.63) is 24.3 Å². The van der Waals surface area contributed by atoms with Crippen molar-refractivity contribution in [2.75, 3.05) is 11.4 Å². The van der Waals surface area contributed by atoms with E-state index >= 15 is 0 Å². The van der Waals surface area contributed by atoms with Crippen LogP contribution in [0.3, 0.4) is 0 Å². The van der Waals surface area contributed by atoms with Crippen LogP contribution < -0.4 is 10.2 Å². The Bertz CT molecular complexity index is 435. The van der Waals surface area contributed by atoms with Crippen LogP contribution in [-0.2, 0) is 0 Å². The maximum absolute atomic E-state index is 12.0. The minimum Gasteiger partial charge on any atom is -0.508 e. The second kappa shape index (κ2) is 3.65. The van der Waals surface area contributed by atoms with Crippen molar-refractivity contribution >= 4 is 11.7 Å². The molecule has 17 heavy (non-hydrogen) atoms. The molecule has 90 valence electrons. The van der Waals surface area contributed by atoms with Gasteiger partial charge < -0.3 is 10.4 Å². The third-order valence-corrected chi connectivity index (χ3v) is 3.89. The van der Waals surface area contributed by atoms with E-state index in [9.17, 15) is 9.90 Å². The Kier molecular flexibility index (Phi) is 2.24. The van der Waals surface area contributed by atoms with Crippen LogP contribution in [0.5, 0.6) is 5.75 Å². The number of amides is 2. The zero-order valence-electron chi connectivity index (χ0n) is 9.65. The van der Waals surface area contributed by atoms with E-state index in [1.165, 1.54) is 12.8 Å². The molecule has 1 aromatic rings. The van der Waals surface area contributed by atoms with Crippen molar-refractivity contribution in [3.63, 3.8) is 0 Å². The largest absolute Gasteiger partial charge is 0.508 e. The molecule has 2 N–H and O–H groups in total. The average molecular weight is 232 g/mol. The smallest absolute Gasteiger partial charge is 0.322 e. The van der Waals surface area contributed by atoms with Gasteiger partial charge in [0.1, 0.15) is 5.75 Å². The fourth-order valence-electron chi connectivity index (χ4n) is 3.04. The van der Waals surface area contributed by atoms with Crippen molar-refractivity contribution in [1.29, 1.82) is 0 Å². The molecule has 1 saturated heterocycles. The summed E-state index contributed by atoms with van der Waals surface area (Å²) in [5.74, 6) is 0.230. The summed E-state index contributed by atoms with van der Waals surface area (Å²) in [4.78, 5) is 13.8. The number of rotatable bonds is 1. The molecule has 1 aliphatic heterocycles. The zero-order valence-corrected chi connectivity index (χ0v) is 9.65. The quantitative estimate of drug-likeness (QED) is 0.780. The monoisotopic (exact) mass is 232 g/mol. The van der Waals surface area contributed by atoms with Gasteiger partial charge in [0.05, 0.1) is 5.54 Å². The fourth-order valence-corrected chi connectivity index (χ4v) is 3.04. The number of carbonyl (C=O) groups is 1. The number of hydrogen-bond acceptors (Lipinski definition) is 2. The van der Waals surface area contributed by atoms with Crippen LogP contribution in [0.2, 0.25) is 0 Å². The van der Waals surface area contributed by atoms with Crippen molar-refractivity contribution in [3.8, 4) is 5.75 Å². The van der Waals surface area contributed by atoms with Crippen LogP contribution in [0.15, 0.2) is 24.3 Å². The van der Waals surface area contributed by atoms with Crippen LogP contribution in [0.1, 0.15) is 25.7 Å². The van der Waals surface area contributed by atoms with Gasteiger partial charge in [-0.15, -0.1) is 0 Å². The number of nitrogens with one attached hydrogen (secondary N) is 1. The molecule has 4 nitrogen and oxygen atoms in total. The molecule has 1 aromatic carbocycles. The van der Waals surface area contributed by atoms with E-state index in [1.54, 1.807) is 24.3 Å². The van der Waals surface area contributed by atoms with Crippen LogP contribution in [-0.4, -0.2) is 23.2 Å². The van der Waals surface area contributed by atoms with E-state index in [0.717, 1.165) is 25.1 Å². The first kappa shape index (κ1) is 10.4. The highest BCUT2D eigenvalue weighted by Crippen LogP contribution is 2.40. The summed E-state index contributed by atoms with van der Waals surface area (Å²) in [5.41, 5.74) is 0.841. The summed E-state index contributed by atoms with van der Waals surface area (Å²) in [6, 6.07) is 6.85. The highest BCUT2D eigenvalue weighted by Gasteiger charge is 2.47. The lowest BCUT2D eigenvalue weighted by molar-refractivity contribution is 0.250. The van der Waals surface area contributed by atoms with E-state index in [4.69, 9.17) is 0 Å². The Labute approximate surface area is 100 Å². The first-order valence-corrected chi connectivity index (χ1v) is 6.08. The molecule has 2 aliphatic rings. The molecular formula is C13H16N2O2. The molecule has 1 saturated carbocycles. The molecule has 1 spiro atoms. The van der Waals surface area contributed by atoms with Gasteiger partial charge in [0.15, 0.2) is 0 Å². The van der Waals surface area contributed by atoms with Crippen LogP contribution in [0.25, 0.3) is 0 Å². The SMILES string of the molecule is O=C1NCC2(CCCC2)N1c1ccc(O)cc1. The summed E-state index contributed by atoms with van der Waals surface area (Å²) < 4.78 is 0. The Morgan fingerprint density at radius 2 is 1.82 bits per heavy atom. The van der Waals surface area contributed by atoms with E-state index in [1.807, 2.05) is 4.90 Å². The van der Waals surface area contributed by atoms with Crippen molar-refractivity contribution in [2.45, 2.75) is 31.2 Å². The molecule has 4 heteroatoms. The maximum atomic E-state index is 12.0. The lowest BCUT2D eigenvalue weighted by Crippen LogP contribution is -2.45. The Balaban J connectivity index is 1.98. The summed E-state index contributed by atoms with van der Waals surface area (Å²) in [6.07, 6.45) is 4.49. The maximum Gasteiger partial charge on any atom is 0.322 e. The van der Waals surface area contributed by atoms with Gasteiger partial charge in [-0.3, -0.25) is 4.90 Å². The molecule has 0 atom stereocenters. The highest BCUT2D eigenvalue weighted by atomic mass is 16.3. The zero-order chi connectivity index (χ0) is 11.9. The molecule has 0 radical (unpaired) electrons. The van der Waals surface area contributed by atoms with Gasteiger partial charge in [0.25, 0.3) is 0 Å². The number of phenols is 1. The topological polar surface area (TPSA) is 52.6 Å². The van der Waals surface area contributed by atoms with E-state index in [2.05, 4.69) is 5.32 Å². The first-order chi connectivity index (χ1) is 8.21. The van der Waals surface area contributed by atoms with E-state index in [-0.39, 0.29) is 17.3 Å². The normalized spacial score (nSPS) is 22.1. The Morgan fingerprint density at radius 3 is 2.47 bits per heavy atom. The van der Waals surface area contributed by atoms with Crippen molar-refractivity contribution < 1.29 is 9.90 Å².